The molecule has 0 heterocycles. The van der Waals surface area contributed by atoms with Gasteiger partial charge in [0.25, 0.3) is 0 Å². The van der Waals surface area contributed by atoms with Crippen molar-refractivity contribution in [1.29, 1.82) is 0 Å². The van der Waals surface area contributed by atoms with Crippen LogP contribution in [0.1, 0.15) is 46.5 Å². The number of aliphatic carboxylic acids is 1. The maximum absolute atomic E-state index is 11.8. The molecule has 1 rings (SSSR count). The summed E-state index contributed by atoms with van der Waals surface area (Å²) >= 11 is 0. The van der Waals surface area contributed by atoms with Gasteiger partial charge in [-0.2, -0.15) is 0 Å². The van der Waals surface area contributed by atoms with Crippen molar-refractivity contribution in [3.05, 3.63) is 0 Å². The Bertz CT molecular complexity index is 308. The lowest BCUT2D eigenvalue weighted by Gasteiger charge is -2.36. The Morgan fingerprint density at radius 2 is 1.94 bits per heavy atom. The number of carbonyl (C=O) groups is 2. The number of carbonyl (C=O) groups excluding carboxylic acids is 1. The fraction of sp³-hybridized carbons (Fsp3) is 0.846. The zero-order valence-corrected chi connectivity index (χ0v) is 11.4. The summed E-state index contributed by atoms with van der Waals surface area (Å²) in [4.78, 5) is 22.4. The Balaban J connectivity index is 2.24. The molecule has 0 bridgehead atoms. The molecule has 0 atom stereocenters. The molecular weight excluding hydrogens is 234 g/mol. The number of nitrogens with one attached hydrogen (secondary N) is 1. The second-order valence-corrected chi connectivity index (χ2v) is 5.72. The predicted molar refractivity (Wildman–Crippen MR) is 67.2 cm³/mol. The molecule has 1 saturated carbocycles. The van der Waals surface area contributed by atoms with Gasteiger partial charge in [-0.25, -0.2) is 0 Å². The van der Waals surface area contributed by atoms with Gasteiger partial charge in [-0.3, -0.25) is 9.59 Å². The highest BCUT2D eigenvalue weighted by molar-refractivity contribution is 5.78. The third kappa shape index (κ3) is 5.04. The van der Waals surface area contributed by atoms with Crippen LogP contribution in [-0.2, 0) is 14.3 Å². The molecule has 5 nitrogen and oxygen atoms in total. The number of carboxylic acids is 1. The molecule has 0 aromatic carbocycles. The summed E-state index contributed by atoms with van der Waals surface area (Å²) in [6, 6.07) is 0.190. The van der Waals surface area contributed by atoms with Gasteiger partial charge in [0.1, 0.15) is 0 Å². The van der Waals surface area contributed by atoms with Gasteiger partial charge in [0, 0.05) is 19.1 Å². The van der Waals surface area contributed by atoms with Crippen LogP contribution in [0.5, 0.6) is 0 Å². The fourth-order valence-electron chi connectivity index (χ4n) is 2.24. The van der Waals surface area contributed by atoms with Crippen LogP contribution in [0.2, 0.25) is 0 Å². The monoisotopic (exact) mass is 257 g/mol. The minimum Gasteiger partial charge on any atom is -0.481 e. The van der Waals surface area contributed by atoms with Crippen molar-refractivity contribution >= 4 is 11.9 Å². The molecule has 0 saturated heterocycles. The molecule has 18 heavy (non-hydrogen) atoms. The summed E-state index contributed by atoms with van der Waals surface area (Å²) in [5, 5.41) is 11.7. The molecule has 104 valence electrons. The van der Waals surface area contributed by atoms with E-state index in [1.54, 1.807) is 13.8 Å². The highest BCUT2D eigenvalue weighted by atomic mass is 16.5. The fourth-order valence-corrected chi connectivity index (χ4v) is 2.24. The van der Waals surface area contributed by atoms with E-state index in [-0.39, 0.29) is 30.9 Å². The van der Waals surface area contributed by atoms with Gasteiger partial charge in [0.05, 0.1) is 12.5 Å². The lowest BCUT2D eigenvalue weighted by Crippen LogP contribution is -2.48. The normalized spacial score (nSPS) is 23.3. The second-order valence-electron chi connectivity index (χ2n) is 5.72. The van der Waals surface area contributed by atoms with Gasteiger partial charge in [0.2, 0.25) is 5.91 Å². The van der Waals surface area contributed by atoms with Crippen LogP contribution < -0.4 is 5.32 Å². The lowest BCUT2D eigenvalue weighted by atomic mass is 9.84. The highest BCUT2D eigenvalue weighted by Gasteiger charge is 2.32. The Labute approximate surface area is 108 Å². The molecule has 0 aliphatic heterocycles. The van der Waals surface area contributed by atoms with Crippen molar-refractivity contribution in [2.75, 3.05) is 6.61 Å². The number of hydrogen-bond acceptors (Lipinski definition) is 3. The quantitative estimate of drug-likeness (QED) is 0.725. The van der Waals surface area contributed by atoms with E-state index >= 15 is 0 Å². The van der Waals surface area contributed by atoms with E-state index in [0.29, 0.717) is 6.61 Å². The van der Waals surface area contributed by atoms with E-state index in [2.05, 4.69) is 5.32 Å². The van der Waals surface area contributed by atoms with Crippen molar-refractivity contribution in [3.63, 3.8) is 0 Å². The first-order chi connectivity index (χ1) is 8.32. The maximum atomic E-state index is 11.8. The van der Waals surface area contributed by atoms with Gasteiger partial charge in [0.15, 0.2) is 0 Å². The van der Waals surface area contributed by atoms with Crippen molar-refractivity contribution < 1.29 is 19.4 Å². The third-order valence-electron chi connectivity index (χ3n) is 3.13. The van der Waals surface area contributed by atoms with Gasteiger partial charge in [-0.05, 0) is 25.2 Å². The van der Waals surface area contributed by atoms with Gasteiger partial charge < -0.3 is 15.2 Å². The van der Waals surface area contributed by atoms with Crippen molar-refractivity contribution in [1.82, 2.24) is 5.32 Å². The van der Waals surface area contributed by atoms with Gasteiger partial charge in [-0.1, -0.05) is 13.8 Å². The molecule has 1 aliphatic rings. The van der Waals surface area contributed by atoms with E-state index in [9.17, 15) is 9.59 Å². The molecule has 0 spiro atoms. The SMILES string of the molecule is CCOC1CC(NC(=O)CC(C)(C)CC(=O)O)C1. The average Bonchev–Trinajstić information content (AvgIpc) is 2.10. The molecule has 0 aromatic rings. The Morgan fingerprint density at radius 3 is 2.44 bits per heavy atom. The molecule has 1 amide bonds. The summed E-state index contributed by atoms with van der Waals surface area (Å²) in [6.45, 7) is 6.26. The second kappa shape index (κ2) is 6.18. The van der Waals surface area contributed by atoms with E-state index in [1.807, 2.05) is 6.92 Å². The zero-order chi connectivity index (χ0) is 13.8. The third-order valence-corrected chi connectivity index (χ3v) is 3.13. The first kappa shape index (κ1) is 15.0. The van der Waals surface area contributed by atoms with Crippen LogP contribution in [0, 0.1) is 5.41 Å². The first-order valence-electron chi connectivity index (χ1n) is 6.45. The topological polar surface area (TPSA) is 75.6 Å². The van der Waals surface area contributed by atoms with E-state index in [1.165, 1.54) is 0 Å². The van der Waals surface area contributed by atoms with Crippen LogP contribution >= 0.6 is 0 Å². The number of carboxylic acid groups (broad SMARTS) is 1. The van der Waals surface area contributed by atoms with Crippen molar-refractivity contribution in [2.45, 2.75) is 58.6 Å². The molecular formula is C13H23NO4. The Hall–Kier alpha value is -1.10. The molecule has 0 unspecified atom stereocenters. The van der Waals surface area contributed by atoms with Crippen molar-refractivity contribution in [2.24, 2.45) is 5.41 Å². The highest BCUT2D eigenvalue weighted by Crippen LogP contribution is 2.27. The van der Waals surface area contributed by atoms with Crippen LogP contribution in [-0.4, -0.2) is 35.7 Å². The van der Waals surface area contributed by atoms with E-state index in [0.717, 1.165) is 12.8 Å². The van der Waals surface area contributed by atoms with E-state index in [4.69, 9.17) is 9.84 Å². The lowest BCUT2D eigenvalue weighted by molar-refractivity contribution is -0.139. The predicted octanol–water partition coefficient (Wildman–Crippen LogP) is 1.56. The van der Waals surface area contributed by atoms with Gasteiger partial charge in [-0.15, -0.1) is 0 Å². The van der Waals surface area contributed by atoms with Gasteiger partial charge >= 0.3 is 5.97 Å². The molecule has 5 heteroatoms. The van der Waals surface area contributed by atoms with Crippen LogP contribution in [0.3, 0.4) is 0 Å². The minimum absolute atomic E-state index is 0.00660. The zero-order valence-electron chi connectivity index (χ0n) is 11.4. The summed E-state index contributed by atoms with van der Waals surface area (Å²) in [6.07, 6.45) is 2.24. The smallest absolute Gasteiger partial charge is 0.303 e. The number of rotatable bonds is 7. The molecule has 1 fully saturated rings. The molecule has 0 aromatic heterocycles. The standard InChI is InChI=1S/C13H23NO4/c1-4-18-10-5-9(6-10)14-11(15)7-13(2,3)8-12(16)17/h9-10H,4-8H2,1-3H3,(H,14,15)(H,16,17). The Morgan fingerprint density at radius 1 is 1.33 bits per heavy atom. The number of ether oxygens (including phenoxy) is 1. The molecule has 1 aliphatic carbocycles. The van der Waals surface area contributed by atoms with Crippen LogP contribution in [0.25, 0.3) is 0 Å². The summed E-state index contributed by atoms with van der Waals surface area (Å²) in [5.74, 6) is -0.936. The van der Waals surface area contributed by atoms with Crippen LogP contribution in [0.4, 0.5) is 0 Å². The van der Waals surface area contributed by atoms with Crippen molar-refractivity contribution in [3.8, 4) is 0 Å². The summed E-state index contributed by atoms with van der Waals surface area (Å²) in [5.41, 5.74) is -0.501. The summed E-state index contributed by atoms with van der Waals surface area (Å²) < 4.78 is 5.41. The number of hydrogen-bond donors (Lipinski definition) is 2. The molecule has 0 radical (unpaired) electrons. The van der Waals surface area contributed by atoms with E-state index < -0.39 is 11.4 Å². The minimum atomic E-state index is -0.868. The molecule has 2 N–H and O–H groups in total. The largest absolute Gasteiger partial charge is 0.481 e. The first-order valence-corrected chi connectivity index (χ1v) is 6.45. The number of amides is 1. The maximum Gasteiger partial charge on any atom is 0.303 e. The van der Waals surface area contributed by atoms with Crippen LogP contribution in [0.15, 0.2) is 0 Å². The Kier molecular flexibility index (Phi) is 5.14. The summed E-state index contributed by atoms with van der Waals surface area (Å²) in [7, 11) is 0. The average molecular weight is 257 g/mol.